The van der Waals surface area contributed by atoms with Gasteiger partial charge >= 0.3 is 0 Å². The second kappa shape index (κ2) is 7.41. The average Bonchev–Trinajstić information content (AvgIpc) is 2.46. The zero-order valence-corrected chi connectivity index (χ0v) is 12.2. The monoisotopic (exact) mass is 294 g/mol. The van der Waals surface area contributed by atoms with E-state index in [-0.39, 0.29) is 10.7 Å². The summed E-state index contributed by atoms with van der Waals surface area (Å²) < 4.78 is 0. The smallest absolute Gasteiger partial charge is 0.288 e. The van der Waals surface area contributed by atoms with Crippen LogP contribution >= 0.6 is 11.6 Å². The lowest BCUT2D eigenvalue weighted by molar-refractivity contribution is -0.384. The zero-order chi connectivity index (χ0) is 14.4. The van der Waals surface area contributed by atoms with Crippen LogP contribution in [0.15, 0.2) is 29.8 Å². The van der Waals surface area contributed by atoms with E-state index in [1.54, 1.807) is 6.07 Å². The van der Waals surface area contributed by atoms with Gasteiger partial charge in [0.1, 0.15) is 5.02 Å². The van der Waals surface area contributed by atoms with E-state index in [2.05, 4.69) is 11.4 Å². The Bertz CT molecular complexity index is 515. The van der Waals surface area contributed by atoms with Crippen LogP contribution in [0, 0.1) is 10.1 Å². The van der Waals surface area contributed by atoms with E-state index in [4.69, 9.17) is 11.6 Å². The van der Waals surface area contributed by atoms with Gasteiger partial charge in [-0.3, -0.25) is 10.1 Å². The third-order valence-electron chi connectivity index (χ3n) is 3.54. The standard InChI is InChI=1S/C15H19ClN2O2/c16-14-7-6-13(10-15(14)18(19)20)11-17-9-8-12-4-2-1-3-5-12/h4,6-7,10,17H,1-3,5,8-9,11H2. The SMILES string of the molecule is O=[N+]([O-])c1cc(CNCCC2=CCCCC2)ccc1Cl. The van der Waals surface area contributed by atoms with Crippen LogP contribution in [0.1, 0.15) is 37.7 Å². The zero-order valence-electron chi connectivity index (χ0n) is 11.4. The molecule has 5 heteroatoms. The Hall–Kier alpha value is -1.39. The normalized spacial score (nSPS) is 14.9. The summed E-state index contributed by atoms with van der Waals surface area (Å²) in [4.78, 5) is 10.4. The highest BCUT2D eigenvalue weighted by atomic mass is 35.5. The molecular formula is C15H19ClN2O2. The highest BCUT2D eigenvalue weighted by Crippen LogP contribution is 2.25. The second-order valence-corrected chi connectivity index (χ2v) is 5.49. The van der Waals surface area contributed by atoms with E-state index in [0.717, 1.165) is 18.5 Å². The molecule has 4 nitrogen and oxygen atoms in total. The van der Waals surface area contributed by atoms with Crippen LogP contribution in [0.25, 0.3) is 0 Å². The summed E-state index contributed by atoms with van der Waals surface area (Å²) in [6.07, 6.45) is 8.45. The Morgan fingerprint density at radius 3 is 2.90 bits per heavy atom. The van der Waals surface area contributed by atoms with Gasteiger partial charge in [0, 0.05) is 12.6 Å². The number of nitro groups is 1. The van der Waals surface area contributed by atoms with Crippen molar-refractivity contribution in [3.05, 3.63) is 50.5 Å². The van der Waals surface area contributed by atoms with Gasteiger partial charge in [-0.1, -0.05) is 29.3 Å². The average molecular weight is 295 g/mol. The molecule has 0 spiro atoms. The Balaban J connectivity index is 1.80. The summed E-state index contributed by atoms with van der Waals surface area (Å²) in [6.45, 7) is 1.54. The largest absolute Gasteiger partial charge is 0.312 e. The Morgan fingerprint density at radius 2 is 2.20 bits per heavy atom. The summed E-state index contributed by atoms with van der Waals surface area (Å²) in [6, 6.07) is 4.94. The van der Waals surface area contributed by atoms with E-state index < -0.39 is 4.92 Å². The van der Waals surface area contributed by atoms with Gasteiger partial charge in [-0.25, -0.2) is 0 Å². The lowest BCUT2D eigenvalue weighted by Crippen LogP contribution is -2.15. The molecule has 1 aromatic rings. The molecule has 0 heterocycles. The molecule has 1 N–H and O–H groups in total. The molecule has 0 saturated carbocycles. The predicted octanol–water partition coefficient (Wildman–Crippen LogP) is 4.23. The van der Waals surface area contributed by atoms with E-state index in [0.29, 0.717) is 6.54 Å². The van der Waals surface area contributed by atoms with Crippen LogP contribution in [-0.2, 0) is 6.54 Å². The van der Waals surface area contributed by atoms with Crippen molar-refractivity contribution in [1.29, 1.82) is 0 Å². The van der Waals surface area contributed by atoms with Crippen molar-refractivity contribution in [2.45, 2.75) is 38.6 Å². The number of nitrogens with zero attached hydrogens (tertiary/aromatic N) is 1. The van der Waals surface area contributed by atoms with Crippen LogP contribution in [-0.4, -0.2) is 11.5 Å². The lowest BCUT2D eigenvalue weighted by atomic mass is 9.97. The topological polar surface area (TPSA) is 55.2 Å². The summed E-state index contributed by atoms with van der Waals surface area (Å²) >= 11 is 5.78. The third-order valence-corrected chi connectivity index (χ3v) is 3.86. The molecule has 0 aromatic heterocycles. The van der Waals surface area contributed by atoms with Crippen molar-refractivity contribution < 1.29 is 4.92 Å². The van der Waals surface area contributed by atoms with Gasteiger partial charge in [-0.15, -0.1) is 0 Å². The minimum Gasteiger partial charge on any atom is -0.312 e. The first kappa shape index (κ1) is 15.0. The van der Waals surface area contributed by atoms with Crippen molar-refractivity contribution in [2.75, 3.05) is 6.54 Å². The number of allylic oxidation sites excluding steroid dienone is 1. The van der Waals surface area contributed by atoms with Gasteiger partial charge in [-0.2, -0.15) is 0 Å². The van der Waals surface area contributed by atoms with Crippen LogP contribution in [0.2, 0.25) is 5.02 Å². The molecule has 20 heavy (non-hydrogen) atoms. The number of nitrogens with one attached hydrogen (secondary N) is 1. The fourth-order valence-corrected chi connectivity index (χ4v) is 2.61. The molecule has 0 atom stereocenters. The summed E-state index contributed by atoms with van der Waals surface area (Å²) in [5.74, 6) is 0. The lowest BCUT2D eigenvalue weighted by Gasteiger charge is -2.13. The van der Waals surface area contributed by atoms with Crippen molar-refractivity contribution >= 4 is 17.3 Å². The van der Waals surface area contributed by atoms with Crippen LogP contribution in [0.4, 0.5) is 5.69 Å². The van der Waals surface area contributed by atoms with E-state index in [1.165, 1.54) is 37.3 Å². The first-order valence-electron chi connectivity index (χ1n) is 6.98. The maximum Gasteiger partial charge on any atom is 0.288 e. The van der Waals surface area contributed by atoms with Gasteiger partial charge in [0.05, 0.1) is 4.92 Å². The van der Waals surface area contributed by atoms with Crippen LogP contribution in [0.5, 0.6) is 0 Å². The second-order valence-electron chi connectivity index (χ2n) is 5.08. The van der Waals surface area contributed by atoms with Gasteiger partial charge in [0.25, 0.3) is 5.69 Å². The molecule has 0 aliphatic heterocycles. The molecule has 0 amide bonds. The number of hydrogen-bond acceptors (Lipinski definition) is 3. The number of halogens is 1. The van der Waals surface area contributed by atoms with Gasteiger partial charge in [0.2, 0.25) is 0 Å². The summed E-state index contributed by atoms with van der Waals surface area (Å²) in [5.41, 5.74) is 2.39. The van der Waals surface area contributed by atoms with Crippen molar-refractivity contribution in [1.82, 2.24) is 5.32 Å². The van der Waals surface area contributed by atoms with Gasteiger partial charge < -0.3 is 5.32 Å². The molecule has 1 aromatic carbocycles. The van der Waals surface area contributed by atoms with E-state index >= 15 is 0 Å². The fourth-order valence-electron chi connectivity index (χ4n) is 2.42. The minimum absolute atomic E-state index is 0.0269. The van der Waals surface area contributed by atoms with E-state index in [1.807, 2.05) is 6.07 Å². The van der Waals surface area contributed by atoms with Crippen molar-refractivity contribution in [3.63, 3.8) is 0 Å². The molecule has 2 rings (SSSR count). The molecule has 0 unspecified atom stereocenters. The molecule has 108 valence electrons. The van der Waals surface area contributed by atoms with Crippen molar-refractivity contribution in [3.8, 4) is 0 Å². The molecule has 0 radical (unpaired) electrons. The van der Waals surface area contributed by atoms with E-state index in [9.17, 15) is 10.1 Å². The first-order valence-corrected chi connectivity index (χ1v) is 7.36. The first-order chi connectivity index (χ1) is 9.66. The summed E-state index contributed by atoms with van der Waals surface area (Å²) in [5, 5.41) is 14.3. The number of hydrogen-bond donors (Lipinski definition) is 1. The number of benzene rings is 1. The van der Waals surface area contributed by atoms with Gasteiger partial charge in [0.15, 0.2) is 0 Å². The Morgan fingerprint density at radius 1 is 1.35 bits per heavy atom. The molecule has 0 saturated heterocycles. The predicted molar refractivity (Wildman–Crippen MR) is 81.0 cm³/mol. The maximum atomic E-state index is 10.8. The molecule has 1 aliphatic rings. The Labute approximate surface area is 124 Å². The number of rotatable bonds is 6. The van der Waals surface area contributed by atoms with Crippen LogP contribution in [0.3, 0.4) is 0 Å². The number of nitro benzene ring substituents is 1. The third kappa shape index (κ3) is 4.32. The van der Waals surface area contributed by atoms with Crippen molar-refractivity contribution in [2.24, 2.45) is 0 Å². The highest BCUT2D eigenvalue weighted by molar-refractivity contribution is 6.32. The molecular weight excluding hydrogens is 276 g/mol. The van der Waals surface area contributed by atoms with Crippen LogP contribution < -0.4 is 5.32 Å². The minimum atomic E-state index is -0.446. The molecule has 1 aliphatic carbocycles. The highest BCUT2D eigenvalue weighted by Gasteiger charge is 2.12. The fraction of sp³-hybridized carbons (Fsp3) is 0.467. The molecule has 0 fully saturated rings. The maximum absolute atomic E-state index is 10.8. The quantitative estimate of drug-likeness (QED) is 0.370. The molecule has 0 bridgehead atoms. The van der Waals surface area contributed by atoms with Gasteiger partial charge in [-0.05, 0) is 50.3 Å². The summed E-state index contributed by atoms with van der Waals surface area (Å²) in [7, 11) is 0. The Kier molecular flexibility index (Phi) is 5.56.